The lowest BCUT2D eigenvalue weighted by Gasteiger charge is -2.24. The molecular weight excluding hydrogens is 310 g/mol. The lowest BCUT2D eigenvalue weighted by molar-refractivity contribution is 0.0730. The van der Waals surface area contributed by atoms with Gasteiger partial charge in [-0.15, -0.1) is 11.3 Å². The van der Waals surface area contributed by atoms with Gasteiger partial charge in [-0.2, -0.15) is 0 Å². The first-order valence-electron chi connectivity index (χ1n) is 7.63. The van der Waals surface area contributed by atoms with Gasteiger partial charge in [0.15, 0.2) is 4.96 Å². The zero-order valence-corrected chi connectivity index (χ0v) is 13.6. The Balaban J connectivity index is 1.64. The predicted octanol–water partition coefficient (Wildman–Crippen LogP) is 3.38. The van der Waals surface area contributed by atoms with E-state index in [4.69, 9.17) is 4.74 Å². The third kappa shape index (κ3) is 2.49. The summed E-state index contributed by atoms with van der Waals surface area (Å²) in [7, 11) is 1.66. The molecular formula is C17H17N3O2S. The third-order valence-electron chi connectivity index (χ3n) is 4.30. The van der Waals surface area contributed by atoms with Crippen LogP contribution < -0.4 is 4.74 Å². The van der Waals surface area contributed by atoms with E-state index in [1.54, 1.807) is 7.11 Å². The molecule has 118 valence electrons. The minimum atomic E-state index is 0.00576. The molecule has 1 unspecified atom stereocenters. The number of amides is 1. The maximum absolute atomic E-state index is 12.9. The smallest absolute Gasteiger partial charge is 0.274 e. The minimum absolute atomic E-state index is 0.00576. The fourth-order valence-corrected chi connectivity index (χ4v) is 3.88. The molecule has 0 radical (unpaired) electrons. The summed E-state index contributed by atoms with van der Waals surface area (Å²) in [6, 6.07) is 8.07. The summed E-state index contributed by atoms with van der Waals surface area (Å²) in [6.07, 6.45) is 5.72. The first-order chi connectivity index (χ1) is 11.3. The van der Waals surface area contributed by atoms with E-state index in [2.05, 4.69) is 11.1 Å². The Morgan fingerprint density at radius 2 is 2.35 bits per heavy atom. The number of methoxy groups -OCH3 is 1. The van der Waals surface area contributed by atoms with Crippen LogP contribution in [0.15, 0.2) is 42.0 Å². The molecule has 0 aliphatic carbocycles. The Labute approximate surface area is 138 Å². The van der Waals surface area contributed by atoms with Crippen LogP contribution in [0.2, 0.25) is 0 Å². The van der Waals surface area contributed by atoms with Crippen molar-refractivity contribution in [3.8, 4) is 5.75 Å². The van der Waals surface area contributed by atoms with E-state index in [9.17, 15) is 4.79 Å². The van der Waals surface area contributed by atoms with Gasteiger partial charge in [-0.1, -0.05) is 12.1 Å². The van der Waals surface area contributed by atoms with Crippen molar-refractivity contribution < 1.29 is 9.53 Å². The molecule has 2 aromatic heterocycles. The molecule has 6 heteroatoms. The van der Waals surface area contributed by atoms with E-state index >= 15 is 0 Å². The molecule has 0 saturated carbocycles. The zero-order chi connectivity index (χ0) is 15.8. The lowest BCUT2D eigenvalue weighted by atomic mass is 10.0. The fraction of sp³-hybridized carbons (Fsp3) is 0.294. The number of nitrogens with zero attached hydrogens (tertiary/aromatic N) is 3. The van der Waals surface area contributed by atoms with Crippen LogP contribution in [0.4, 0.5) is 0 Å². The molecule has 1 atom stereocenters. The fourth-order valence-electron chi connectivity index (χ4n) is 3.18. The molecule has 1 aliphatic rings. The number of carbonyl (C=O) groups excluding carboxylic acids is 1. The van der Waals surface area contributed by atoms with E-state index in [0.717, 1.165) is 35.7 Å². The van der Waals surface area contributed by atoms with Gasteiger partial charge < -0.3 is 9.64 Å². The average molecular weight is 327 g/mol. The Bertz CT molecular complexity index is 826. The highest BCUT2D eigenvalue weighted by molar-refractivity contribution is 7.15. The van der Waals surface area contributed by atoms with Crippen LogP contribution in [0, 0.1) is 0 Å². The number of rotatable bonds is 3. The highest BCUT2D eigenvalue weighted by atomic mass is 32.1. The van der Waals surface area contributed by atoms with Crippen molar-refractivity contribution in [1.82, 2.24) is 14.3 Å². The Morgan fingerprint density at radius 1 is 1.43 bits per heavy atom. The second-order valence-electron chi connectivity index (χ2n) is 5.65. The van der Waals surface area contributed by atoms with Crippen LogP contribution in [0.1, 0.15) is 34.9 Å². The number of carbonyl (C=O) groups is 1. The van der Waals surface area contributed by atoms with E-state index in [0.29, 0.717) is 5.69 Å². The van der Waals surface area contributed by atoms with E-state index in [-0.39, 0.29) is 11.9 Å². The van der Waals surface area contributed by atoms with Gasteiger partial charge in [-0.25, -0.2) is 4.98 Å². The summed E-state index contributed by atoms with van der Waals surface area (Å²) in [5.74, 6) is 0.829. The van der Waals surface area contributed by atoms with Gasteiger partial charge in [0.05, 0.1) is 13.2 Å². The number of likely N-dealkylation sites (tertiary alicyclic amines) is 1. The molecule has 0 N–H and O–H groups in total. The van der Waals surface area contributed by atoms with Crippen LogP contribution in [0.3, 0.4) is 0 Å². The maximum Gasteiger partial charge on any atom is 0.274 e. The first kappa shape index (κ1) is 14.3. The maximum atomic E-state index is 12.9. The van der Waals surface area contributed by atoms with Crippen LogP contribution >= 0.6 is 11.3 Å². The Hall–Kier alpha value is -2.34. The van der Waals surface area contributed by atoms with Crippen molar-refractivity contribution in [3.05, 3.63) is 53.3 Å². The van der Waals surface area contributed by atoms with Gasteiger partial charge in [-0.3, -0.25) is 9.20 Å². The molecule has 1 saturated heterocycles. The molecule has 5 nitrogen and oxygen atoms in total. The molecule has 3 aromatic rings. The van der Waals surface area contributed by atoms with E-state index in [1.165, 1.54) is 11.3 Å². The molecule has 23 heavy (non-hydrogen) atoms. The number of thiazole rings is 1. The number of fused-ring (bicyclic) bond motifs is 1. The molecule has 1 fully saturated rings. The minimum Gasteiger partial charge on any atom is -0.497 e. The summed E-state index contributed by atoms with van der Waals surface area (Å²) in [4.78, 5) is 20.1. The number of imidazole rings is 1. The molecule has 1 aromatic carbocycles. The van der Waals surface area contributed by atoms with Gasteiger partial charge in [0.25, 0.3) is 5.91 Å². The average Bonchev–Trinajstić information content (AvgIpc) is 3.29. The molecule has 3 heterocycles. The molecule has 0 spiro atoms. The summed E-state index contributed by atoms with van der Waals surface area (Å²) in [5.41, 5.74) is 1.64. The van der Waals surface area contributed by atoms with Crippen molar-refractivity contribution >= 4 is 22.2 Å². The zero-order valence-electron chi connectivity index (χ0n) is 12.8. The number of benzene rings is 1. The van der Waals surface area contributed by atoms with Gasteiger partial charge in [0, 0.05) is 24.3 Å². The number of hydrogen-bond donors (Lipinski definition) is 0. The molecule has 1 aliphatic heterocycles. The van der Waals surface area contributed by atoms with Gasteiger partial charge in [-0.05, 0) is 30.5 Å². The largest absolute Gasteiger partial charge is 0.497 e. The molecule has 0 bridgehead atoms. The van der Waals surface area contributed by atoms with Crippen molar-refractivity contribution in [3.63, 3.8) is 0 Å². The lowest BCUT2D eigenvalue weighted by Crippen LogP contribution is -2.30. The summed E-state index contributed by atoms with van der Waals surface area (Å²) < 4.78 is 7.20. The third-order valence-corrected chi connectivity index (χ3v) is 5.08. The van der Waals surface area contributed by atoms with Gasteiger partial charge in [0.1, 0.15) is 11.4 Å². The van der Waals surface area contributed by atoms with Crippen LogP contribution in [0.5, 0.6) is 5.75 Å². The standard InChI is InChI=1S/C17H17N3O2S/c1-22-13-5-2-4-12(10-13)15-6-3-7-20(15)16(21)14-11-19-8-9-23-17(19)18-14/h2,4-5,8-11,15H,3,6-7H2,1H3. The molecule has 1 amide bonds. The summed E-state index contributed by atoms with van der Waals surface area (Å²) in [6.45, 7) is 0.770. The first-order valence-corrected chi connectivity index (χ1v) is 8.51. The Morgan fingerprint density at radius 3 is 3.17 bits per heavy atom. The van der Waals surface area contributed by atoms with Crippen molar-refractivity contribution in [2.75, 3.05) is 13.7 Å². The highest BCUT2D eigenvalue weighted by Gasteiger charge is 2.32. The highest BCUT2D eigenvalue weighted by Crippen LogP contribution is 2.34. The van der Waals surface area contributed by atoms with E-state index in [1.807, 2.05) is 45.3 Å². The number of ether oxygens (including phenoxy) is 1. The van der Waals surface area contributed by atoms with Crippen molar-refractivity contribution in [1.29, 1.82) is 0 Å². The Kier molecular flexibility index (Phi) is 3.53. The predicted molar refractivity (Wildman–Crippen MR) is 89.1 cm³/mol. The van der Waals surface area contributed by atoms with Crippen LogP contribution in [-0.2, 0) is 0 Å². The topological polar surface area (TPSA) is 46.8 Å². The van der Waals surface area contributed by atoms with E-state index < -0.39 is 0 Å². The van der Waals surface area contributed by atoms with Gasteiger partial charge in [0.2, 0.25) is 0 Å². The summed E-state index contributed by atoms with van der Waals surface area (Å²) in [5, 5.41) is 1.96. The SMILES string of the molecule is COc1cccc(C2CCCN2C(=O)c2cn3ccsc3n2)c1. The van der Waals surface area contributed by atoms with Gasteiger partial charge >= 0.3 is 0 Å². The van der Waals surface area contributed by atoms with Crippen LogP contribution in [-0.4, -0.2) is 33.8 Å². The van der Waals surface area contributed by atoms with Crippen molar-refractivity contribution in [2.45, 2.75) is 18.9 Å². The van der Waals surface area contributed by atoms with Crippen molar-refractivity contribution in [2.24, 2.45) is 0 Å². The number of hydrogen-bond acceptors (Lipinski definition) is 4. The van der Waals surface area contributed by atoms with Crippen LogP contribution in [0.25, 0.3) is 4.96 Å². The monoisotopic (exact) mass is 327 g/mol. The molecule has 4 rings (SSSR count). The second-order valence-corrected chi connectivity index (χ2v) is 6.53. The normalized spacial score (nSPS) is 17.8. The summed E-state index contributed by atoms with van der Waals surface area (Å²) >= 11 is 1.53. The second kappa shape index (κ2) is 5.70. The number of aromatic nitrogens is 2. The quantitative estimate of drug-likeness (QED) is 0.741.